The number of likely N-dealkylation sites (tertiary alicyclic amines) is 1. The van der Waals surface area contributed by atoms with Crippen molar-refractivity contribution in [1.82, 2.24) is 10.2 Å². The van der Waals surface area contributed by atoms with Crippen LogP contribution < -0.4 is 5.32 Å². The molecule has 0 amide bonds. The van der Waals surface area contributed by atoms with Crippen LogP contribution in [-0.4, -0.2) is 62.4 Å². The zero-order chi connectivity index (χ0) is 14.4. The van der Waals surface area contributed by atoms with E-state index >= 15 is 0 Å². The number of carbonyl (C=O) groups excluding carboxylic acids is 1. The lowest BCUT2D eigenvalue weighted by Gasteiger charge is -2.32. The fourth-order valence-corrected chi connectivity index (χ4v) is 3.27. The van der Waals surface area contributed by atoms with Crippen molar-refractivity contribution in [1.29, 1.82) is 0 Å². The van der Waals surface area contributed by atoms with Crippen molar-refractivity contribution in [2.75, 3.05) is 39.9 Å². The van der Waals surface area contributed by atoms with E-state index < -0.39 is 5.54 Å². The number of esters is 1. The normalized spacial score (nSPS) is 32.0. The molecule has 0 saturated carbocycles. The lowest BCUT2D eigenvalue weighted by atomic mass is 9.90. The predicted octanol–water partition coefficient (Wildman–Crippen LogP) is 1.17. The van der Waals surface area contributed by atoms with E-state index in [2.05, 4.69) is 17.1 Å². The molecule has 5 heteroatoms. The average Bonchev–Trinajstić information content (AvgIpc) is 2.91. The van der Waals surface area contributed by atoms with Crippen LogP contribution in [0.2, 0.25) is 0 Å². The predicted molar refractivity (Wildman–Crippen MR) is 77.7 cm³/mol. The standard InChI is InChI=1S/C15H28N2O3/c1-3-17-9-5-7-15(8-10-17,14(18)19-2)16-12-13-6-4-11-20-13/h13,16H,3-12H2,1-2H3. The summed E-state index contributed by atoms with van der Waals surface area (Å²) in [5.74, 6) is -0.117. The van der Waals surface area contributed by atoms with Crippen LogP contribution in [0.25, 0.3) is 0 Å². The Morgan fingerprint density at radius 2 is 2.25 bits per heavy atom. The molecule has 2 aliphatic heterocycles. The summed E-state index contributed by atoms with van der Waals surface area (Å²) in [5, 5.41) is 3.49. The molecule has 2 aliphatic rings. The number of nitrogens with zero attached hydrogens (tertiary/aromatic N) is 1. The number of nitrogens with one attached hydrogen (secondary N) is 1. The molecule has 5 nitrogen and oxygen atoms in total. The summed E-state index contributed by atoms with van der Waals surface area (Å²) in [6.07, 6.45) is 5.17. The van der Waals surface area contributed by atoms with Gasteiger partial charge >= 0.3 is 5.97 Å². The van der Waals surface area contributed by atoms with Gasteiger partial charge in [0.2, 0.25) is 0 Å². The zero-order valence-electron chi connectivity index (χ0n) is 12.8. The van der Waals surface area contributed by atoms with Crippen LogP contribution in [0, 0.1) is 0 Å². The van der Waals surface area contributed by atoms with Gasteiger partial charge in [-0.25, -0.2) is 0 Å². The van der Waals surface area contributed by atoms with Crippen LogP contribution in [0.5, 0.6) is 0 Å². The summed E-state index contributed by atoms with van der Waals surface area (Å²) in [4.78, 5) is 14.7. The summed E-state index contributed by atoms with van der Waals surface area (Å²) in [5.41, 5.74) is -0.523. The van der Waals surface area contributed by atoms with Gasteiger partial charge in [-0.1, -0.05) is 6.92 Å². The largest absolute Gasteiger partial charge is 0.468 e. The van der Waals surface area contributed by atoms with Crippen molar-refractivity contribution in [3.63, 3.8) is 0 Å². The Morgan fingerprint density at radius 3 is 2.90 bits per heavy atom. The second kappa shape index (κ2) is 7.38. The quantitative estimate of drug-likeness (QED) is 0.768. The monoisotopic (exact) mass is 284 g/mol. The number of hydrogen-bond acceptors (Lipinski definition) is 5. The zero-order valence-corrected chi connectivity index (χ0v) is 12.8. The first-order chi connectivity index (χ1) is 9.70. The first-order valence-corrected chi connectivity index (χ1v) is 7.87. The second-order valence-corrected chi connectivity index (χ2v) is 5.88. The number of methoxy groups -OCH3 is 1. The summed E-state index contributed by atoms with van der Waals surface area (Å²) < 4.78 is 10.7. The van der Waals surface area contributed by atoms with Crippen LogP contribution in [0.3, 0.4) is 0 Å². The molecule has 2 rings (SSSR count). The van der Waals surface area contributed by atoms with Crippen molar-refractivity contribution in [2.45, 2.75) is 50.7 Å². The van der Waals surface area contributed by atoms with Crippen molar-refractivity contribution in [3.05, 3.63) is 0 Å². The van der Waals surface area contributed by atoms with E-state index in [4.69, 9.17) is 9.47 Å². The number of hydrogen-bond donors (Lipinski definition) is 1. The fourth-order valence-electron chi connectivity index (χ4n) is 3.27. The lowest BCUT2D eigenvalue weighted by molar-refractivity contribution is -0.149. The van der Waals surface area contributed by atoms with E-state index in [0.717, 1.165) is 64.9 Å². The van der Waals surface area contributed by atoms with Gasteiger partial charge in [0.25, 0.3) is 0 Å². The average molecular weight is 284 g/mol. The molecule has 0 aliphatic carbocycles. The highest BCUT2D eigenvalue weighted by molar-refractivity contribution is 5.80. The minimum Gasteiger partial charge on any atom is -0.468 e. The van der Waals surface area contributed by atoms with Gasteiger partial charge in [0.15, 0.2) is 0 Å². The summed E-state index contributed by atoms with van der Waals surface area (Å²) >= 11 is 0. The van der Waals surface area contributed by atoms with E-state index in [9.17, 15) is 4.79 Å². The molecule has 0 aromatic rings. The van der Waals surface area contributed by atoms with Gasteiger partial charge in [0, 0.05) is 19.7 Å². The molecule has 0 spiro atoms. The smallest absolute Gasteiger partial charge is 0.326 e. The summed E-state index contributed by atoms with van der Waals surface area (Å²) in [7, 11) is 1.49. The topological polar surface area (TPSA) is 50.8 Å². The molecule has 2 heterocycles. The minimum atomic E-state index is -0.523. The third-order valence-electron chi connectivity index (χ3n) is 4.65. The van der Waals surface area contributed by atoms with Gasteiger partial charge in [0.05, 0.1) is 13.2 Å². The Bertz CT molecular complexity index is 318. The highest BCUT2D eigenvalue weighted by atomic mass is 16.5. The van der Waals surface area contributed by atoms with Gasteiger partial charge < -0.3 is 14.4 Å². The Hall–Kier alpha value is -0.650. The maximum Gasteiger partial charge on any atom is 0.326 e. The van der Waals surface area contributed by atoms with Gasteiger partial charge in [0.1, 0.15) is 5.54 Å². The van der Waals surface area contributed by atoms with Crippen LogP contribution in [-0.2, 0) is 14.3 Å². The number of carbonyl (C=O) groups is 1. The van der Waals surface area contributed by atoms with E-state index in [1.807, 2.05) is 0 Å². The van der Waals surface area contributed by atoms with Crippen molar-refractivity contribution in [3.8, 4) is 0 Å². The molecule has 1 N–H and O–H groups in total. The number of ether oxygens (including phenoxy) is 2. The van der Waals surface area contributed by atoms with E-state index in [1.165, 1.54) is 7.11 Å². The Balaban J connectivity index is 1.98. The Morgan fingerprint density at radius 1 is 1.40 bits per heavy atom. The van der Waals surface area contributed by atoms with Crippen LogP contribution >= 0.6 is 0 Å². The van der Waals surface area contributed by atoms with Crippen molar-refractivity contribution < 1.29 is 14.3 Å². The molecule has 0 aromatic heterocycles. The molecule has 2 atom stereocenters. The fraction of sp³-hybridized carbons (Fsp3) is 0.933. The van der Waals surface area contributed by atoms with Crippen LogP contribution in [0.1, 0.15) is 39.0 Å². The molecular formula is C15H28N2O3. The van der Waals surface area contributed by atoms with Crippen LogP contribution in [0.15, 0.2) is 0 Å². The van der Waals surface area contributed by atoms with Gasteiger partial charge in [-0.05, 0) is 45.2 Å². The SMILES string of the molecule is CCN1CCCC(NCC2CCCO2)(C(=O)OC)CC1. The van der Waals surface area contributed by atoms with Gasteiger partial charge in [-0.3, -0.25) is 10.1 Å². The maximum absolute atomic E-state index is 12.3. The Labute approximate surface area is 122 Å². The number of rotatable bonds is 5. The van der Waals surface area contributed by atoms with Gasteiger partial charge in [-0.15, -0.1) is 0 Å². The first-order valence-electron chi connectivity index (χ1n) is 7.87. The molecule has 20 heavy (non-hydrogen) atoms. The minimum absolute atomic E-state index is 0.117. The molecule has 0 bridgehead atoms. The van der Waals surface area contributed by atoms with Gasteiger partial charge in [-0.2, -0.15) is 0 Å². The molecule has 2 unspecified atom stereocenters. The summed E-state index contributed by atoms with van der Waals surface area (Å²) in [6.45, 7) is 6.83. The highest BCUT2D eigenvalue weighted by Gasteiger charge is 2.40. The first kappa shape index (κ1) is 15.7. The molecule has 2 saturated heterocycles. The third-order valence-corrected chi connectivity index (χ3v) is 4.65. The molecular weight excluding hydrogens is 256 g/mol. The summed E-state index contributed by atoms with van der Waals surface area (Å²) in [6, 6.07) is 0. The lowest BCUT2D eigenvalue weighted by Crippen LogP contribution is -2.55. The third kappa shape index (κ3) is 3.71. The highest BCUT2D eigenvalue weighted by Crippen LogP contribution is 2.25. The van der Waals surface area contributed by atoms with E-state index in [1.54, 1.807) is 0 Å². The molecule has 0 aromatic carbocycles. The molecule has 116 valence electrons. The maximum atomic E-state index is 12.3. The van der Waals surface area contributed by atoms with Crippen LogP contribution in [0.4, 0.5) is 0 Å². The Kier molecular flexibility index (Phi) is 5.81. The van der Waals surface area contributed by atoms with Crippen molar-refractivity contribution >= 4 is 5.97 Å². The second-order valence-electron chi connectivity index (χ2n) is 5.88. The van der Waals surface area contributed by atoms with Crippen molar-refractivity contribution in [2.24, 2.45) is 0 Å². The molecule has 2 fully saturated rings. The molecule has 0 radical (unpaired) electrons. The van der Waals surface area contributed by atoms with E-state index in [0.29, 0.717) is 0 Å². The van der Waals surface area contributed by atoms with E-state index in [-0.39, 0.29) is 12.1 Å².